The minimum absolute atomic E-state index is 0.823. The molecule has 1 unspecified atom stereocenters. The van der Waals surface area contributed by atoms with Crippen LogP contribution in [-0.2, 0) is 19.5 Å². The summed E-state index contributed by atoms with van der Waals surface area (Å²) >= 11 is 3.35. The van der Waals surface area contributed by atoms with E-state index in [1.54, 1.807) is 4.90 Å². The van der Waals surface area contributed by atoms with Crippen molar-refractivity contribution in [1.82, 2.24) is 0 Å². The van der Waals surface area contributed by atoms with Gasteiger partial charge in [0.2, 0.25) is 0 Å². The first-order valence-electron chi connectivity index (χ1n) is 5.96. The quantitative estimate of drug-likeness (QED) is 0.898. The highest BCUT2D eigenvalue weighted by molar-refractivity contribution is 9.10. The first-order valence-corrected chi connectivity index (χ1v) is 6.75. The van der Waals surface area contributed by atoms with Gasteiger partial charge in [-0.1, -0.05) is 24.3 Å². The third-order valence-corrected chi connectivity index (χ3v) is 3.79. The molecule has 1 aliphatic heterocycles. The van der Waals surface area contributed by atoms with E-state index in [-0.39, 0.29) is 0 Å². The van der Waals surface area contributed by atoms with Crippen LogP contribution in [-0.4, -0.2) is 6.54 Å². The molecule has 1 N–H and O–H groups in total. The van der Waals surface area contributed by atoms with Crippen molar-refractivity contribution in [1.29, 1.82) is 0 Å². The van der Waals surface area contributed by atoms with Crippen molar-refractivity contribution in [3.8, 4) is 0 Å². The van der Waals surface area contributed by atoms with Gasteiger partial charge in [0.1, 0.15) is 13.1 Å². The van der Waals surface area contributed by atoms with E-state index in [9.17, 15) is 0 Å². The molecule has 0 aliphatic carbocycles. The average Bonchev–Trinajstić information content (AvgIpc) is 2.75. The molecular formula is C14H15BrNO+. The number of hydrogen-bond donors (Lipinski definition) is 1. The lowest BCUT2D eigenvalue weighted by molar-refractivity contribution is -0.930. The van der Waals surface area contributed by atoms with Crippen LogP contribution in [0.25, 0.3) is 0 Å². The van der Waals surface area contributed by atoms with Gasteiger partial charge in [0.05, 0.1) is 6.54 Å². The van der Waals surface area contributed by atoms with Gasteiger partial charge < -0.3 is 9.32 Å². The molecule has 1 aromatic carbocycles. The molecule has 0 spiro atoms. The lowest BCUT2D eigenvalue weighted by Crippen LogP contribution is -3.10. The highest BCUT2D eigenvalue weighted by Crippen LogP contribution is 2.14. The maximum absolute atomic E-state index is 5.57. The van der Waals surface area contributed by atoms with E-state index in [1.165, 1.54) is 24.1 Å². The van der Waals surface area contributed by atoms with Crippen LogP contribution in [0.1, 0.15) is 16.9 Å². The van der Waals surface area contributed by atoms with Gasteiger partial charge in [0, 0.05) is 12.0 Å². The molecule has 0 saturated carbocycles. The molecule has 1 aliphatic rings. The summed E-state index contributed by atoms with van der Waals surface area (Å²) in [6, 6.07) is 12.8. The lowest BCUT2D eigenvalue weighted by Gasteiger charge is -2.25. The number of hydrogen-bond acceptors (Lipinski definition) is 1. The van der Waals surface area contributed by atoms with Gasteiger partial charge in [-0.3, -0.25) is 0 Å². The predicted octanol–water partition coefficient (Wildman–Crippen LogP) is 2.18. The summed E-state index contributed by atoms with van der Waals surface area (Å²) in [4.78, 5) is 1.57. The Morgan fingerprint density at radius 3 is 2.71 bits per heavy atom. The van der Waals surface area contributed by atoms with E-state index in [1.807, 2.05) is 6.07 Å². The van der Waals surface area contributed by atoms with Crippen LogP contribution in [0.15, 0.2) is 45.5 Å². The van der Waals surface area contributed by atoms with E-state index >= 15 is 0 Å². The Morgan fingerprint density at radius 1 is 1.12 bits per heavy atom. The normalized spacial score (nSPS) is 19.0. The number of furan rings is 1. The summed E-state index contributed by atoms with van der Waals surface area (Å²) in [5.74, 6) is 1.06. The molecule has 2 aromatic rings. The van der Waals surface area contributed by atoms with Crippen molar-refractivity contribution in [2.75, 3.05) is 6.54 Å². The number of quaternary nitrogens is 1. The van der Waals surface area contributed by atoms with E-state index in [4.69, 9.17) is 4.42 Å². The zero-order valence-electron chi connectivity index (χ0n) is 9.58. The standard InChI is InChI=1S/C14H14BrNO/c15-14-6-5-13(17-14)10-16-8-7-11-3-1-2-4-12(11)9-16/h1-6H,7-10H2/p+1. The van der Waals surface area contributed by atoms with Gasteiger partial charge >= 0.3 is 0 Å². The number of fused-ring (bicyclic) bond motifs is 1. The fraction of sp³-hybridized carbons (Fsp3) is 0.286. The Labute approximate surface area is 109 Å². The van der Waals surface area contributed by atoms with Crippen molar-refractivity contribution in [3.63, 3.8) is 0 Å². The molecule has 17 heavy (non-hydrogen) atoms. The highest BCUT2D eigenvalue weighted by Gasteiger charge is 2.19. The predicted molar refractivity (Wildman–Crippen MR) is 69.8 cm³/mol. The largest absolute Gasteiger partial charge is 0.448 e. The molecule has 0 amide bonds. The topological polar surface area (TPSA) is 17.6 Å². The SMILES string of the molecule is Brc1ccc(C[NH+]2CCc3ccccc3C2)o1. The van der Waals surface area contributed by atoms with Crippen LogP contribution >= 0.6 is 15.9 Å². The van der Waals surface area contributed by atoms with Crippen molar-refractivity contribution < 1.29 is 9.32 Å². The second kappa shape index (κ2) is 4.67. The van der Waals surface area contributed by atoms with Crippen molar-refractivity contribution in [2.45, 2.75) is 19.5 Å². The molecule has 2 nitrogen and oxygen atoms in total. The maximum Gasteiger partial charge on any atom is 0.169 e. The summed E-state index contributed by atoms with van der Waals surface area (Å²) in [7, 11) is 0. The summed E-state index contributed by atoms with van der Waals surface area (Å²) in [6.07, 6.45) is 1.17. The molecule has 3 rings (SSSR count). The minimum atomic E-state index is 0.823. The summed E-state index contributed by atoms with van der Waals surface area (Å²) < 4.78 is 6.39. The molecule has 88 valence electrons. The molecule has 0 saturated heterocycles. The van der Waals surface area contributed by atoms with E-state index in [0.29, 0.717) is 0 Å². The lowest BCUT2D eigenvalue weighted by atomic mass is 10.00. The third-order valence-electron chi connectivity index (χ3n) is 3.36. The molecule has 1 atom stereocenters. The van der Waals surface area contributed by atoms with E-state index < -0.39 is 0 Å². The van der Waals surface area contributed by atoms with Crippen LogP contribution < -0.4 is 4.90 Å². The van der Waals surface area contributed by atoms with Crippen molar-refractivity contribution >= 4 is 15.9 Å². The van der Waals surface area contributed by atoms with Crippen molar-refractivity contribution in [2.24, 2.45) is 0 Å². The second-order valence-corrected chi connectivity index (χ2v) is 5.36. The molecule has 0 radical (unpaired) electrons. The monoisotopic (exact) mass is 292 g/mol. The van der Waals surface area contributed by atoms with Crippen LogP contribution in [0.4, 0.5) is 0 Å². The van der Waals surface area contributed by atoms with Gasteiger partial charge in [-0.05, 0) is 33.6 Å². The highest BCUT2D eigenvalue weighted by atomic mass is 79.9. The number of nitrogens with one attached hydrogen (secondary N) is 1. The van der Waals surface area contributed by atoms with Crippen LogP contribution in [0.3, 0.4) is 0 Å². The van der Waals surface area contributed by atoms with Crippen LogP contribution in [0.2, 0.25) is 0 Å². The average molecular weight is 293 g/mol. The van der Waals surface area contributed by atoms with Gasteiger partial charge in [-0.15, -0.1) is 0 Å². The Bertz CT molecular complexity index is 520. The molecule has 0 fully saturated rings. The van der Waals surface area contributed by atoms with Gasteiger partial charge in [0.15, 0.2) is 10.4 Å². The fourth-order valence-corrected chi connectivity index (χ4v) is 2.83. The Hall–Kier alpha value is -1.06. The Balaban J connectivity index is 1.72. The van der Waals surface area contributed by atoms with Crippen molar-refractivity contribution in [3.05, 3.63) is 58.0 Å². The van der Waals surface area contributed by atoms with Gasteiger partial charge in [-0.2, -0.15) is 0 Å². The zero-order chi connectivity index (χ0) is 11.7. The van der Waals surface area contributed by atoms with Crippen LogP contribution in [0.5, 0.6) is 0 Å². The zero-order valence-corrected chi connectivity index (χ0v) is 11.2. The number of rotatable bonds is 2. The molecule has 1 aromatic heterocycles. The summed E-state index contributed by atoms with van der Waals surface area (Å²) in [6.45, 7) is 3.27. The fourth-order valence-electron chi connectivity index (χ4n) is 2.49. The Morgan fingerprint density at radius 2 is 1.94 bits per heavy atom. The molecule has 3 heteroatoms. The Kier molecular flexibility index (Phi) is 3.04. The van der Waals surface area contributed by atoms with E-state index in [0.717, 1.165) is 23.5 Å². The first-order chi connectivity index (χ1) is 8.31. The maximum atomic E-state index is 5.57. The summed E-state index contributed by atoms with van der Waals surface area (Å²) in [5.41, 5.74) is 3.00. The number of halogens is 1. The molecule has 0 bridgehead atoms. The molecule has 2 heterocycles. The summed E-state index contributed by atoms with van der Waals surface area (Å²) in [5, 5.41) is 0. The van der Waals surface area contributed by atoms with Crippen LogP contribution in [0, 0.1) is 0 Å². The third kappa shape index (κ3) is 2.45. The minimum Gasteiger partial charge on any atom is -0.448 e. The van der Waals surface area contributed by atoms with Gasteiger partial charge in [-0.25, -0.2) is 0 Å². The van der Waals surface area contributed by atoms with Gasteiger partial charge in [0.25, 0.3) is 0 Å². The smallest absolute Gasteiger partial charge is 0.169 e. The van der Waals surface area contributed by atoms with E-state index in [2.05, 4.69) is 46.3 Å². The molecular weight excluding hydrogens is 278 g/mol. The second-order valence-electron chi connectivity index (χ2n) is 4.58. The first kappa shape index (κ1) is 11.1. The number of benzene rings is 1.